The van der Waals surface area contributed by atoms with Crippen molar-refractivity contribution in [2.75, 3.05) is 0 Å². The van der Waals surface area contributed by atoms with Gasteiger partial charge in [-0.15, -0.1) is 11.8 Å². The first kappa shape index (κ1) is 12.0. The number of hydrogen-bond donors (Lipinski definition) is 0. The zero-order chi connectivity index (χ0) is 11.7. The van der Waals surface area contributed by atoms with Crippen molar-refractivity contribution in [1.82, 2.24) is 0 Å². The van der Waals surface area contributed by atoms with Crippen LogP contribution in [0.4, 0.5) is 0 Å². The van der Waals surface area contributed by atoms with Gasteiger partial charge in [-0.3, -0.25) is 4.79 Å². The summed E-state index contributed by atoms with van der Waals surface area (Å²) in [5.74, 6) is 0.423. The Hall–Kier alpha value is -0.470. The van der Waals surface area contributed by atoms with E-state index in [-0.39, 0.29) is 11.7 Å². The highest BCUT2D eigenvalue weighted by Crippen LogP contribution is 2.41. The molecule has 0 aliphatic carbocycles. The Morgan fingerprint density at radius 1 is 1.31 bits per heavy atom. The average molecular weight is 255 g/mol. The quantitative estimate of drug-likeness (QED) is 0.777. The van der Waals surface area contributed by atoms with E-state index in [2.05, 4.69) is 13.8 Å². The van der Waals surface area contributed by atoms with E-state index in [1.807, 2.05) is 23.9 Å². The Kier molecular flexibility index (Phi) is 3.60. The fraction of sp³-hybridized carbons (Fsp3) is 0.462. The standard InChI is InChI=1S/C13H15ClOS/c1-3-9-11(4-2)16-12-6-5-8(14)7-10(12)13(9)15/h5-7,9,11H,3-4H2,1-2H3. The van der Waals surface area contributed by atoms with Crippen LogP contribution in [-0.4, -0.2) is 11.0 Å². The van der Waals surface area contributed by atoms with Crippen molar-refractivity contribution in [3.05, 3.63) is 28.8 Å². The first-order chi connectivity index (χ1) is 7.67. The molecule has 1 aromatic rings. The zero-order valence-electron chi connectivity index (χ0n) is 9.50. The summed E-state index contributed by atoms with van der Waals surface area (Å²) in [6.07, 6.45) is 1.95. The van der Waals surface area contributed by atoms with Gasteiger partial charge in [-0.05, 0) is 31.0 Å². The first-order valence-electron chi connectivity index (χ1n) is 5.67. The molecule has 1 aromatic carbocycles. The van der Waals surface area contributed by atoms with Crippen molar-refractivity contribution in [1.29, 1.82) is 0 Å². The van der Waals surface area contributed by atoms with Crippen molar-refractivity contribution < 1.29 is 4.79 Å². The molecule has 0 spiro atoms. The SMILES string of the molecule is CCC1Sc2ccc(Cl)cc2C(=O)C1CC. The van der Waals surface area contributed by atoms with E-state index in [4.69, 9.17) is 11.6 Å². The van der Waals surface area contributed by atoms with Gasteiger partial charge in [0.2, 0.25) is 0 Å². The lowest BCUT2D eigenvalue weighted by molar-refractivity contribution is 0.0906. The molecule has 0 saturated carbocycles. The van der Waals surface area contributed by atoms with Crippen LogP contribution in [0.2, 0.25) is 5.02 Å². The van der Waals surface area contributed by atoms with Crippen molar-refractivity contribution in [2.24, 2.45) is 5.92 Å². The lowest BCUT2D eigenvalue weighted by atomic mass is 9.90. The molecule has 3 heteroatoms. The maximum Gasteiger partial charge on any atom is 0.168 e. The molecule has 0 amide bonds. The largest absolute Gasteiger partial charge is 0.294 e. The van der Waals surface area contributed by atoms with E-state index in [1.165, 1.54) is 0 Å². The smallest absolute Gasteiger partial charge is 0.168 e. The molecule has 0 saturated heterocycles. The van der Waals surface area contributed by atoms with Gasteiger partial charge < -0.3 is 0 Å². The molecule has 2 unspecified atom stereocenters. The molecule has 1 nitrogen and oxygen atoms in total. The molecule has 0 aromatic heterocycles. The summed E-state index contributed by atoms with van der Waals surface area (Å²) in [5.41, 5.74) is 0.814. The lowest BCUT2D eigenvalue weighted by Gasteiger charge is -2.30. The number of hydrogen-bond acceptors (Lipinski definition) is 2. The number of ketones is 1. The third-order valence-electron chi connectivity index (χ3n) is 3.11. The molecule has 86 valence electrons. The number of rotatable bonds is 2. The number of halogens is 1. The molecule has 1 aliphatic rings. The number of fused-ring (bicyclic) bond motifs is 1. The molecule has 2 rings (SSSR count). The molecule has 16 heavy (non-hydrogen) atoms. The Morgan fingerprint density at radius 2 is 2.06 bits per heavy atom. The van der Waals surface area contributed by atoms with Crippen LogP contribution in [0.3, 0.4) is 0 Å². The highest BCUT2D eigenvalue weighted by atomic mass is 35.5. The van der Waals surface area contributed by atoms with E-state index < -0.39 is 0 Å². The molecule has 1 aliphatic heterocycles. The lowest BCUT2D eigenvalue weighted by Crippen LogP contribution is -2.29. The van der Waals surface area contributed by atoms with Gasteiger partial charge in [0.15, 0.2) is 5.78 Å². The summed E-state index contributed by atoms with van der Waals surface area (Å²) in [7, 11) is 0. The Morgan fingerprint density at radius 3 is 2.69 bits per heavy atom. The summed E-state index contributed by atoms with van der Waals surface area (Å²) in [6, 6.07) is 5.63. The zero-order valence-corrected chi connectivity index (χ0v) is 11.1. The van der Waals surface area contributed by atoms with Gasteiger partial charge in [-0.2, -0.15) is 0 Å². The van der Waals surface area contributed by atoms with Gasteiger partial charge in [0.1, 0.15) is 0 Å². The molecule has 0 fully saturated rings. The summed E-state index contributed by atoms with van der Waals surface area (Å²) in [5, 5.41) is 1.07. The highest BCUT2D eigenvalue weighted by Gasteiger charge is 2.33. The van der Waals surface area contributed by atoms with Crippen molar-refractivity contribution in [3.63, 3.8) is 0 Å². The van der Waals surface area contributed by atoms with E-state index in [0.29, 0.717) is 10.3 Å². The Labute approximate surface area is 106 Å². The van der Waals surface area contributed by atoms with Crippen molar-refractivity contribution in [3.8, 4) is 0 Å². The summed E-state index contributed by atoms with van der Waals surface area (Å²) >= 11 is 7.76. The third-order valence-corrected chi connectivity index (χ3v) is 4.92. The van der Waals surface area contributed by atoms with E-state index in [9.17, 15) is 4.79 Å². The maximum absolute atomic E-state index is 12.3. The van der Waals surface area contributed by atoms with Crippen molar-refractivity contribution in [2.45, 2.75) is 36.8 Å². The fourth-order valence-corrected chi connectivity index (χ4v) is 3.81. The summed E-state index contributed by atoms with van der Waals surface area (Å²) < 4.78 is 0. The highest BCUT2D eigenvalue weighted by molar-refractivity contribution is 8.00. The van der Waals surface area contributed by atoms with Crippen LogP contribution < -0.4 is 0 Å². The Balaban J connectivity index is 2.44. The minimum Gasteiger partial charge on any atom is -0.294 e. The van der Waals surface area contributed by atoms with Crippen LogP contribution in [0.1, 0.15) is 37.0 Å². The van der Waals surface area contributed by atoms with Crippen molar-refractivity contribution >= 4 is 29.1 Å². The van der Waals surface area contributed by atoms with E-state index in [1.54, 1.807) is 6.07 Å². The third kappa shape index (κ3) is 2.01. The van der Waals surface area contributed by atoms with Crippen LogP contribution in [0.25, 0.3) is 0 Å². The molecule has 2 atom stereocenters. The maximum atomic E-state index is 12.3. The number of carbonyl (C=O) groups is 1. The van der Waals surface area contributed by atoms with Crippen LogP contribution in [0, 0.1) is 5.92 Å². The molecule has 1 heterocycles. The Bertz CT molecular complexity index is 416. The topological polar surface area (TPSA) is 17.1 Å². The normalized spacial score (nSPS) is 24.3. The second kappa shape index (κ2) is 4.80. The number of carbonyl (C=O) groups excluding carboxylic acids is 1. The minimum atomic E-state index is 0.154. The van der Waals surface area contributed by atoms with Gasteiger partial charge in [0, 0.05) is 26.6 Å². The van der Waals surface area contributed by atoms with Crippen LogP contribution in [0.15, 0.2) is 23.1 Å². The predicted octanol–water partition coefficient (Wildman–Crippen LogP) is 4.43. The first-order valence-corrected chi connectivity index (χ1v) is 6.93. The molecular weight excluding hydrogens is 240 g/mol. The van der Waals surface area contributed by atoms with E-state index in [0.717, 1.165) is 23.3 Å². The number of benzene rings is 1. The summed E-state index contributed by atoms with van der Waals surface area (Å²) in [4.78, 5) is 13.4. The van der Waals surface area contributed by atoms with E-state index >= 15 is 0 Å². The van der Waals surface area contributed by atoms with Crippen LogP contribution in [0.5, 0.6) is 0 Å². The molecular formula is C13H15ClOS. The predicted molar refractivity (Wildman–Crippen MR) is 69.5 cm³/mol. The van der Waals surface area contributed by atoms with Crippen LogP contribution >= 0.6 is 23.4 Å². The molecule has 0 bridgehead atoms. The average Bonchev–Trinajstić information content (AvgIpc) is 2.29. The fourth-order valence-electron chi connectivity index (χ4n) is 2.23. The minimum absolute atomic E-state index is 0.154. The molecule has 0 N–H and O–H groups in total. The summed E-state index contributed by atoms with van der Waals surface area (Å²) in [6.45, 7) is 4.23. The molecule has 0 radical (unpaired) electrons. The second-order valence-corrected chi connectivity index (χ2v) is 5.80. The number of thioether (sulfide) groups is 1. The van der Waals surface area contributed by atoms with Gasteiger partial charge in [-0.1, -0.05) is 25.4 Å². The second-order valence-electron chi connectivity index (χ2n) is 4.08. The van der Waals surface area contributed by atoms with Gasteiger partial charge in [0.25, 0.3) is 0 Å². The van der Waals surface area contributed by atoms with Gasteiger partial charge in [0.05, 0.1) is 0 Å². The van der Waals surface area contributed by atoms with Crippen LogP contribution in [-0.2, 0) is 0 Å². The van der Waals surface area contributed by atoms with Gasteiger partial charge >= 0.3 is 0 Å². The monoisotopic (exact) mass is 254 g/mol. The number of Topliss-reactive ketones (excluding diaryl/α,β-unsaturated/α-hetero) is 1. The van der Waals surface area contributed by atoms with Gasteiger partial charge in [-0.25, -0.2) is 0 Å².